The molecule has 19 heavy (non-hydrogen) atoms. The molecule has 1 atom stereocenters. The molecule has 102 valence electrons. The number of nitrogens with zero attached hydrogens (tertiary/aromatic N) is 3. The van der Waals surface area contributed by atoms with Crippen LogP contribution in [-0.4, -0.2) is 20.6 Å². The fraction of sp³-hybridized carbons (Fsp3) is 0.429. The minimum atomic E-state index is 0.396. The van der Waals surface area contributed by atoms with Gasteiger partial charge in [0, 0.05) is 12.2 Å². The zero-order valence-electron chi connectivity index (χ0n) is 11.5. The first-order valence-corrected chi connectivity index (χ1v) is 7.25. The van der Waals surface area contributed by atoms with Crippen molar-refractivity contribution >= 4 is 27.4 Å². The average molecular weight is 323 g/mol. The fourth-order valence-electron chi connectivity index (χ4n) is 1.87. The summed E-state index contributed by atoms with van der Waals surface area (Å²) in [5.74, 6) is 0.887. The Morgan fingerprint density at radius 2 is 2.32 bits per heavy atom. The Balaban J connectivity index is 2.00. The molecule has 0 aliphatic rings. The zero-order chi connectivity index (χ0) is 13.8. The molecule has 2 heterocycles. The largest absolute Gasteiger partial charge is 0.367 e. The second kappa shape index (κ2) is 6.19. The monoisotopic (exact) mass is 322 g/mol. The van der Waals surface area contributed by atoms with E-state index in [0.29, 0.717) is 6.04 Å². The first-order valence-electron chi connectivity index (χ1n) is 6.46. The van der Waals surface area contributed by atoms with E-state index in [-0.39, 0.29) is 0 Å². The van der Waals surface area contributed by atoms with Crippen molar-refractivity contribution in [1.82, 2.24) is 14.6 Å². The molecular weight excluding hydrogens is 304 g/mol. The Morgan fingerprint density at radius 1 is 1.53 bits per heavy atom. The number of nitrogens with one attached hydrogen (secondary N) is 1. The molecule has 4 nitrogen and oxygen atoms in total. The van der Waals surface area contributed by atoms with E-state index in [9.17, 15) is 0 Å². The summed E-state index contributed by atoms with van der Waals surface area (Å²) in [5.41, 5.74) is 2.21. The van der Waals surface area contributed by atoms with Crippen molar-refractivity contribution in [2.45, 2.75) is 39.7 Å². The fourth-order valence-corrected chi connectivity index (χ4v) is 2.23. The number of hydrogen-bond donors (Lipinski definition) is 1. The molecule has 0 aliphatic carbocycles. The summed E-state index contributed by atoms with van der Waals surface area (Å²) in [6.07, 6.45) is 8.12. The van der Waals surface area contributed by atoms with Crippen molar-refractivity contribution in [3.8, 4) is 0 Å². The van der Waals surface area contributed by atoms with Gasteiger partial charge in [0.05, 0.1) is 10.7 Å². The van der Waals surface area contributed by atoms with Crippen molar-refractivity contribution in [2.24, 2.45) is 0 Å². The lowest BCUT2D eigenvalue weighted by atomic mass is 10.1. The van der Waals surface area contributed by atoms with Gasteiger partial charge in [-0.3, -0.25) is 0 Å². The van der Waals surface area contributed by atoms with Gasteiger partial charge >= 0.3 is 0 Å². The predicted octanol–water partition coefficient (Wildman–Crippen LogP) is 4.04. The SMILES string of the molecule is CC(C)=CCCC(C)Nc1ccn2ncc(Br)c2n1. The van der Waals surface area contributed by atoms with Crippen LogP contribution in [0.25, 0.3) is 5.65 Å². The molecule has 0 aliphatic heterocycles. The quantitative estimate of drug-likeness (QED) is 0.845. The van der Waals surface area contributed by atoms with Crippen LogP contribution in [0.4, 0.5) is 5.82 Å². The van der Waals surface area contributed by atoms with E-state index in [1.54, 1.807) is 10.7 Å². The molecule has 0 spiro atoms. The highest BCUT2D eigenvalue weighted by molar-refractivity contribution is 9.10. The maximum atomic E-state index is 4.54. The van der Waals surface area contributed by atoms with Crippen LogP contribution in [0.5, 0.6) is 0 Å². The zero-order valence-corrected chi connectivity index (χ0v) is 13.1. The van der Waals surface area contributed by atoms with Crippen molar-refractivity contribution in [2.75, 3.05) is 5.32 Å². The second-order valence-electron chi connectivity index (χ2n) is 4.98. The summed E-state index contributed by atoms with van der Waals surface area (Å²) in [6.45, 7) is 6.44. The topological polar surface area (TPSA) is 42.2 Å². The normalized spacial score (nSPS) is 12.4. The highest BCUT2D eigenvalue weighted by Crippen LogP contribution is 2.17. The van der Waals surface area contributed by atoms with Crippen molar-refractivity contribution in [3.05, 3.63) is 34.6 Å². The third-order valence-corrected chi connectivity index (χ3v) is 3.43. The van der Waals surface area contributed by atoms with E-state index in [2.05, 4.69) is 58.2 Å². The lowest BCUT2D eigenvalue weighted by molar-refractivity contribution is 0.712. The van der Waals surface area contributed by atoms with E-state index < -0.39 is 0 Å². The predicted molar refractivity (Wildman–Crippen MR) is 82.4 cm³/mol. The van der Waals surface area contributed by atoms with Gasteiger partial charge in [-0.2, -0.15) is 5.10 Å². The molecule has 0 saturated carbocycles. The van der Waals surface area contributed by atoms with E-state index in [1.165, 1.54) is 5.57 Å². The first-order chi connectivity index (χ1) is 9.06. The first kappa shape index (κ1) is 14.1. The van der Waals surface area contributed by atoms with E-state index in [1.807, 2.05) is 12.3 Å². The maximum Gasteiger partial charge on any atom is 0.171 e. The lowest BCUT2D eigenvalue weighted by Crippen LogP contribution is -2.15. The number of halogens is 1. The van der Waals surface area contributed by atoms with Crippen LogP contribution in [0.1, 0.15) is 33.6 Å². The second-order valence-corrected chi connectivity index (χ2v) is 5.83. The number of hydrogen-bond acceptors (Lipinski definition) is 3. The summed E-state index contributed by atoms with van der Waals surface area (Å²) in [7, 11) is 0. The number of allylic oxidation sites excluding steroid dienone is 2. The maximum absolute atomic E-state index is 4.54. The molecule has 0 fully saturated rings. The van der Waals surface area contributed by atoms with Gasteiger partial charge in [-0.25, -0.2) is 9.50 Å². The molecule has 0 bridgehead atoms. The standard InChI is InChI=1S/C14H19BrN4/c1-10(2)5-4-6-11(3)17-13-7-8-19-14(18-13)12(15)9-16-19/h5,7-9,11H,4,6H2,1-3H3,(H,17,18). The van der Waals surface area contributed by atoms with Crippen molar-refractivity contribution in [1.29, 1.82) is 0 Å². The minimum Gasteiger partial charge on any atom is -0.367 e. The highest BCUT2D eigenvalue weighted by atomic mass is 79.9. The van der Waals surface area contributed by atoms with Gasteiger partial charge in [-0.05, 0) is 55.6 Å². The van der Waals surface area contributed by atoms with Crippen molar-refractivity contribution in [3.63, 3.8) is 0 Å². The average Bonchev–Trinajstić information content (AvgIpc) is 2.70. The van der Waals surface area contributed by atoms with E-state index in [4.69, 9.17) is 0 Å². The minimum absolute atomic E-state index is 0.396. The van der Waals surface area contributed by atoms with Crippen LogP contribution >= 0.6 is 15.9 Å². The Bertz CT molecular complexity index is 584. The molecule has 2 aromatic heterocycles. The number of rotatable bonds is 5. The van der Waals surface area contributed by atoms with Gasteiger partial charge in [0.1, 0.15) is 5.82 Å². The van der Waals surface area contributed by atoms with Crippen LogP contribution < -0.4 is 5.32 Å². The number of anilines is 1. The molecule has 1 unspecified atom stereocenters. The Labute approximate surface area is 122 Å². The molecular formula is C14H19BrN4. The Hall–Kier alpha value is -1.36. The Kier molecular flexibility index (Phi) is 4.58. The molecule has 0 aromatic carbocycles. The van der Waals surface area contributed by atoms with Crippen LogP contribution in [-0.2, 0) is 0 Å². The third-order valence-electron chi connectivity index (χ3n) is 2.87. The summed E-state index contributed by atoms with van der Waals surface area (Å²) in [4.78, 5) is 4.54. The van der Waals surface area contributed by atoms with Crippen molar-refractivity contribution < 1.29 is 0 Å². The van der Waals surface area contributed by atoms with Gasteiger partial charge in [-0.15, -0.1) is 0 Å². The molecule has 2 aromatic rings. The van der Waals surface area contributed by atoms with Gasteiger partial charge in [-0.1, -0.05) is 11.6 Å². The lowest BCUT2D eigenvalue weighted by Gasteiger charge is -2.13. The van der Waals surface area contributed by atoms with Crippen LogP contribution in [0, 0.1) is 0 Å². The molecule has 0 saturated heterocycles. The van der Waals surface area contributed by atoms with Gasteiger partial charge in [0.25, 0.3) is 0 Å². The highest BCUT2D eigenvalue weighted by Gasteiger charge is 2.06. The smallest absolute Gasteiger partial charge is 0.171 e. The molecule has 2 rings (SSSR count). The summed E-state index contributed by atoms with van der Waals surface area (Å²) in [6, 6.07) is 2.34. The summed E-state index contributed by atoms with van der Waals surface area (Å²) in [5, 5.41) is 7.60. The van der Waals surface area contributed by atoms with Crippen LogP contribution in [0.15, 0.2) is 34.6 Å². The van der Waals surface area contributed by atoms with Gasteiger partial charge in [0.2, 0.25) is 0 Å². The Morgan fingerprint density at radius 3 is 3.05 bits per heavy atom. The summed E-state index contributed by atoms with van der Waals surface area (Å²) >= 11 is 3.44. The van der Waals surface area contributed by atoms with Crippen LogP contribution in [0.2, 0.25) is 0 Å². The molecule has 0 radical (unpaired) electrons. The summed E-state index contributed by atoms with van der Waals surface area (Å²) < 4.78 is 2.66. The van der Waals surface area contributed by atoms with Crippen LogP contribution in [0.3, 0.4) is 0 Å². The molecule has 1 N–H and O–H groups in total. The third kappa shape index (κ3) is 3.80. The van der Waals surface area contributed by atoms with Gasteiger partial charge < -0.3 is 5.32 Å². The molecule has 5 heteroatoms. The van der Waals surface area contributed by atoms with E-state index in [0.717, 1.165) is 28.8 Å². The molecule has 0 amide bonds. The number of fused-ring (bicyclic) bond motifs is 1. The van der Waals surface area contributed by atoms with Gasteiger partial charge in [0.15, 0.2) is 5.65 Å². The number of aromatic nitrogens is 3. The van der Waals surface area contributed by atoms with E-state index >= 15 is 0 Å².